The van der Waals surface area contributed by atoms with Gasteiger partial charge < -0.3 is 0 Å². The minimum atomic E-state index is 0.986. The molecule has 1 aliphatic heterocycles. The zero-order chi connectivity index (χ0) is 8.39. The van der Waals surface area contributed by atoms with Crippen molar-refractivity contribution in [2.75, 3.05) is 0 Å². The van der Waals surface area contributed by atoms with Gasteiger partial charge in [-0.05, 0) is 24.6 Å². The van der Waals surface area contributed by atoms with Crippen molar-refractivity contribution in [1.82, 2.24) is 0 Å². The summed E-state index contributed by atoms with van der Waals surface area (Å²) in [6.07, 6.45) is 7.13. The second-order valence-corrected chi connectivity index (χ2v) is 3.02. The van der Waals surface area contributed by atoms with Crippen LogP contribution in [0, 0.1) is 6.92 Å². The lowest BCUT2D eigenvalue weighted by Crippen LogP contribution is -2.23. The molecule has 1 nitrogen and oxygen atoms in total. The highest BCUT2D eigenvalue weighted by Gasteiger charge is 1.89. The topological polar surface area (TPSA) is 12.4 Å². The van der Waals surface area contributed by atoms with Crippen LogP contribution in [0.15, 0.2) is 35.5 Å². The molecule has 0 N–H and O–H groups in total. The van der Waals surface area contributed by atoms with E-state index in [1.54, 1.807) is 0 Å². The van der Waals surface area contributed by atoms with Gasteiger partial charge in [-0.3, -0.25) is 4.99 Å². The van der Waals surface area contributed by atoms with Crippen LogP contribution in [0.1, 0.15) is 12.0 Å². The predicted molar refractivity (Wildman–Crippen MR) is 50.2 cm³/mol. The molecule has 0 bridgehead atoms. The third-order valence-corrected chi connectivity index (χ3v) is 1.98. The molecule has 0 aliphatic carbocycles. The highest BCUT2D eigenvalue weighted by molar-refractivity contribution is 5.30. The first-order valence-corrected chi connectivity index (χ1v) is 4.16. The van der Waals surface area contributed by atoms with Crippen molar-refractivity contribution in [1.29, 1.82) is 0 Å². The molecule has 0 saturated heterocycles. The zero-order valence-corrected chi connectivity index (χ0v) is 7.12. The quantitative estimate of drug-likeness (QED) is 0.538. The van der Waals surface area contributed by atoms with Crippen molar-refractivity contribution in [3.63, 3.8) is 0 Å². The predicted octanol–water partition coefficient (Wildman–Crippen LogP) is 1.31. The molecule has 60 valence electrons. The number of aryl methyl sites for hydroxylation is 1. The standard InChI is InChI=1S/C11H11N/c1-9-5-6-11-10(8-9)4-2-3-7-12-11/h3-8H,2H2,1H3. The average Bonchev–Trinajstić information content (AvgIpc) is 2.28. The molecule has 0 atom stereocenters. The summed E-state index contributed by atoms with van der Waals surface area (Å²) < 4.78 is 0. The molecule has 1 aromatic carbocycles. The van der Waals surface area contributed by atoms with Crippen LogP contribution in [0.2, 0.25) is 0 Å². The van der Waals surface area contributed by atoms with Crippen LogP contribution < -0.4 is 10.6 Å². The fourth-order valence-corrected chi connectivity index (χ4v) is 1.34. The van der Waals surface area contributed by atoms with Gasteiger partial charge in [0, 0.05) is 6.20 Å². The Balaban J connectivity index is 2.78. The maximum Gasteiger partial charge on any atom is 0.0698 e. The van der Waals surface area contributed by atoms with E-state index in [2.05, 4.69) is 42.3 Å². The molecule has 1 heterocycles. The smallest absolute Gasteiger partial charge is 0.0698 e. The Kier molecular flexibility index (Phi) is 1.78. The van der Waals surface area contributed by atoms with Gasteiger partial charge in [-0.2, -0.15) is 0 Å². The molecule has 2 rings (SSSR count). The Morgan fingerprint density at radius 1 is 1.33 bits per heavy atom. The van der Waals surface area contributed by atoms with Gasteiger partial charge in [-0.1, -0.05) is 29.8 Å². The zero-order valence-electron chi connectivity index (χ0n) is 7.12. The number of hydrogen-bond donors (Lipinski definition) is 0. The van der Waals surface area contributed by atoms with Gasteiger partial charge >= 0.3 is 0 Å². The van der Waals surface area contributed by atoms with Crippen LogP contribution in [0.25, 0.3) is 6.08 Å². The number of hydrogen-bond acceptors (Lipinski definition) is 1. The molecular formula is C11H11N. The molecule has 0 unspecified atom stereocenters. The Morgan fingerprint density at radius 3 is 3.17 bits per heavy atom. The molecule has 1 aromatic rings. The lowest BCUT2D eigenvalue weighted by Gasteiger charge is -1.90. The third kappa shape index (κ3) is 1.30. The van der Waals surface area contributed by atoms with Crippen molar-refractivity contribution in [3.8, 4) is 0 Å². The fourth-order valence-electron chi connectivity index (χ4n) is 1.34. The van der Waals surface area contributed by atoms with Gasteiger partial charge in [0.05, 0.1) is 5.36 Å². The van der Waals surface area contributed by atoms with Gasteiger partial charge in [-0.25, -0.2) is 0 Å². The van der Waals surface area contributed by atoms with Gasteiger partial charge in [0.1, 0.15) is 0 Å². The Bertz CT molecular complexity index is 427. The first-order valence-electron chi connectivity index (χ1n) is 4.16. The van der Waals surface area contributed by atoms with Gasteiger partial charge in [0.2, 0.25) is 0 Å². The van der Waals surface area contributed by atoms with Crippen molar-refractivity contribution >= 4 is 6.08 Å². The number of rotatable bonds is 0. The van der Waals surface area contributed by atoms with Gasteiger partial charge in [0.15, 0.2) is 0 Å². The molecular weight excluding hydrogens is 146 g/mol. The molecule has 0 fully saturated rings. The van der Waals surface area contributed by atoms with Crippen LogP contribution in [0.4, 0.5) is 0 Å². The van der Waals surface area contributed by atoms with E-state index in [9.17, 15) is 0 Å². The fraction of sp³-hybridized carbons (Fsp3) is 0.182. The van der Waals surface area contributed by atoms with Crippen LogP contribution in [0.3, 0.4) is 0 Å². The number of fused-ring (bicyclic) bond motifs is 1. The molecule has 0 saturated carbocycles. The summed E-state index contributed by atoms with van der Waals surface area (Å²) in [5.41, 5.74) is 1.29. The van der Waals surface area contributed by atoms with Gasteiger partial charge in [-0.15, -0.1) is 0 Å². The molecule has 0 aromatic heterocycles. The maximum atomic E-state index is 4.32. The monoisotopic (exact) mass is 157 g/mol. The van der Waals surface area contributed by atoms with Crippen molar-refractivity contribution in [2.45, 2.75) is 13.3 Å². The molecule has 1 heteroatoms. The lowest BCUT2D eigenvalue weighted by atomic mass is 10.2. The van der Waals surface area contributed by atoms with Crippen molar-refractivity contribution in [2.24, 2.45) is 4.99 Å². The van der Waals surface area contributed by atoms with Gasteiger partial charge in [0.25, 0.3) is 0 Å². The summed E-state index contributed by atoms with van der Waals surface area (Å²) in [6, 6.07) is 6.33. The van der Waals surface area contributed by atoms with Crippen LogP contribution in [0.5, 0.6) is 0 Å². The summed E-state index contributed by atoms with van der Waals surface area (Å²) in [5.74, 6) is 0. The lowest BCUT2D eigenvalue weighted by molar-refractivity contribution is 1.29. The summed E-state index contributed by atoms with van der Waals surface area (Å²) in [6.45, 7) is 2.10. The summed E-state index contributed by atoms with van der Waals surface area (Å²) in [4.78, 5) is 4.32. The normalized spacial score (nSPS) is 14.1. The number of benzene rings is 1. The minimum absolute atomic E-state index is 0.986. The van der Waals surface area contributed by atoms with E-state index in [1.165, 1.54) is 10.8 Å². The molecule has 0 amide bonds. The van der Waals surface area contributed by atoms with E-state index in [1.807, 2.05) is 6.20 Å². The van der Waals surface area contributed by atoms with E-state index in [0.717, 1.165) is 11.8 Å². The van der Waals surface area contributed by atoms with E-state index in [0.29, 0.717) is 0 Å². The third-order valence-electron chi connectivity index (χ3n) is 1.98. The van der Waals surface area contributed by atoms with E-state index in [4.69, 9.17) is 0 Å². The highest BCUT2D eigenvalue weighted by Crippen LogP contribution is 1.91. The summed E-state index contributed by atoms with van der Waals surface area (Å²) in [7, 11) is 0. The van der Waals surface area contributed by atoms with Crippen LogP contribution in [-0.4, -0.2) is 0 Å². The Morgan fingerprint density at radius 2 is 2.25 bits per heavy atom. The minimum Gasteiger partial charge on any atom is -0.257 e. The molecule has 1 aliphatic rings. The van der Waals surface area contributed by atoms with E-state index < -0.39 is 0 Å². The summed E-state index contributed by atoms with van der Waals surface area (Å²) >= 11 is 0. The summed E-state index contributed by atoms with van der Waals surface area (Å²) in [5, 5.41) is 2.33. The SMILES string of the molecule is Cc1ccc2c(c1)=CCC=CN=2. The Hall–Kier alpha value is -1.37. The first-order chi connectivity index (χ1) is 5.86. The number of allylic oxidation sites excluding steroid dienone is 1. The van der Waals surface area contributed by atoms with Crippen LogP contribution >= 0.6 is 0 Å². The first kappa shape index (κ1) is 7.29. The van der Waals surface area contributed by atoms with E-state index >= 15 is 0 Å². The maximum absolute atomic E-state index is 4.32. The number of nitrogens with zero attached hydrogens (tertiary/aromatic N) is 1. The average molecular weight is 157 g/mol. The second-order valence-electron chi connectivity index (χ2n) is 3.02. The Labute approximate surface area is 71.8 Å². The molecule has 0 spiro atoms. The second kappa shape index (κ2) is 2.94. The van der Waals surface area contributed by atoms with Crippen LogP contribution in [-0.2, 0) is 0 Å². The molecule has 0 radical (unpaired) electrons. The van der Waals surface area contributed by atoms with Crippen molar-refractivity contribution in [3.05, 3.63) is 46.6 Å². The highest BCUT2D eigenvalue weighted by atomic mass is 14.7. The largest absolute Gasteiger partial charge is 0.257 e. The van der Waals surface area contributed by atoms with E-state index in [-0.39, 0.29) is 0 Å². The molecule has 12 heavy (non-hydrogen) atoms. The van der Waals surface area contributed by atoms with Crippen molar-refractivity contribution < 1.29 is 0 Å².